The quantitative estimate of drug-likeness (QED) is 0.756. The lowest BCUT2D eigenvalue weighted by Gasteiger charge is -2.35. The van der Waals surface area contributed by atoms with E-state index in [1.165, 1.54) is 10.1 Å². The van der Waals surface area contributed by atoms with Gasteiger partial charge < -0.3 is 9.72 Å². The fourth-order valence-electron chi connectivity index (χ4n) is 3.95. The van der Waals surface area contributed by atoms with Gasteiger partial charge in [-0.05, 0) is 37.1 Å². The van der Waals surface area contributed by atoms with Crippen LogP contribution in [-0.4, -0.2) is 39.7 Å². The summed E-state index contributed by atoms with van der Waals surface area (Å²) in [5.74, 6) is 0. The van der Waals surface area contributed by atoms with Crippen molar-refractivity contribution in [2.75, 3.05) is 13.1 Å². The molecule has 0 saturated carbocycles. The minimum Gasteiger partial charge on any atom is -0.373 e. The third-order valence-corrected chi connectivity index (χ3v) is 5.15. The van der Waals surface area contributed by atoms with Crippen molar-refractivity contribution in [3.05, 3.63) is 80.5 Å². The number of fused-ring (bicyclic) bond motifs is 1. The van der Waals surface area contributed by atoms with Crippen molar-refractivity contribution in [2.24, 2.45) is 0 Å². The molecule has 1 N–H and O–H groups in total. The molecule has 0 radical (unpaired) electrons. The van der Waals surface area contributed by atoms with Gasteiger partial charge in [0, 0.05) is 19.6 Å². The highest BCUT2D eigenvalue weighted by Crippen LogP contribution is 2.15. The van der Waals surface area contributed by atoms with E-state index in [4.69, 9.17) is 4.74 Å². The number of hydrogen-bond donors (Lipinski definition) is 1. The van der Waals surface area contributed by atoms with Crippen LogP contribution in [0.25, 0.3) is 10.9 Å². The van der Waals surface area contributed by atoms with Crippen LogP contribution in [0.5, 0.6) is 0 Å². The highest BCUT2D eigenvalue weighted by Gasteiger charge is 2.21. The smallest absolute Gasteiger partial charge is 0.329 e. The van der Waals surface area contributed by atoms with Crippen LogP contribution in [0.3, 0.4) is 0 Å². The number of aromatic amines is 1. The number of nitrogens with one attached hydrogen (secondary N) is 1. The highest BCUT2D eigenvalue weighted by molar-refractivity contribution is 5.76. The molecule has 0 bridgehead atoms. The first-order valence-corrected chi connectivity index (χ1v) is 9.67. The Bertz CT molecular complexity index is 1070. The molecular weight excluding hydrogens is 354 g/mol. The lowest BCUT2D eigenvalue weighted by molar-refractivity contribution is -0.0704. The van der Waals surface area contributed by atoms with Gasteiger partial charge in [0.2, 0.25) is 0 Å². The summed E-state index contributed by atoms with van der Waals surface area (Å²) in [7, 11) is 0. The van der Waals surface area contributed by atoms with E-state index < -0.39 is 0 Å². The average molecular weight is 379 g/mol. The molecule has 0 spiro atoms. The van der Waals surface area contributed by atoms with E-state index in [1.807, 2.05) is 12.1 Å². The van der Waals surface area contributed by atoms with Gasteiger partial charge in [0.1, 0.15) is 0 Å². The normalized spacial score (nSPS) is 20.5. The summed E-state index contributed by atoms with van der Waals surface area (Å²) >= 11 is 0. The fourth-order valence-corrected chi connectivity index (χ4v) is 3.95. The van der Waals surface area contributed by atoms with Crippen LogP contribution in [-0.2, 0) is 17.8 Å². The van der Waals surface area contributed by atoms with Gasteiger partial charge in [0.05, 0.1) is 29.7 Å². The highest BCUT2D eigenvalue weighted by atomic mass is 16.5. The zero-order valence-corrected chi connectivity index (χ0v) is 16.2. The molecule has 1 saturated heterocycles. The van der Waals surface area contributed by atoms with Crippen LogP contribution in [0.15, 0.2) is 58.1 Å². The molecule has 1 aliphatic heterocycles. The van der Waals surface area contributed by atoms with Crippen molar-refractivity contribution in [3.8, 4) is 0 Å². The first-order valence-electron chi connectivity index (χ1n) is 9.67. The number of ether oxygens (including phenoxy) is 1. The molecule has 146 valence electrons. The minimum absolute atomic E-state index is 0.245. The second-order valence-electron chi connectivity index (χ2n) is 7.63. The van der Waals surface area contributed by atoms with Gasteiger partial charge in [0.25, 0.3) is 5.56 Å². The molecular formula is C22H25N3O3. The first kappa shape index (κ1) is 18.7. The predicted molar refractivity (Wildman–Crippen MR) is 110 cm³/mol. The number of para-hydroxylation sites is 1. The fraction of sp³-hybridized carbons (Fsp3) is 0.364. The molecule has 6 nitrogen and oxygen atoms in total. The SMILES string of the molecule is C[C@H]1CN(Cc2ccc(Cn3c(=O)[nH]c4ccccc4c3=O)cc2)C[C@H](C)O1. The third-order valence-electron chi connectivity index (χ3n) is 5.15. The topological polar surface area (TPSA) is 67.3 Å². The number of H-pyrrole nitrogens is 1. The van der Waals surface area contributed by atoms with Crippen LogP contribution in [0.1, 0.15) is 25.0 Å². The summed E-state index contributed by atoms with van der Waals surface area (Å²) in [6.07, 6.45) is 0.490. The zero-order chi connectivity index (χ0) is 19.7. The third kappa shape index (κ3) is 3.93. The molecule has 3 aromatic rings. The number of aromatic nitrogens is 2. The van der Waals surface area contributed by atoms with Crippen molar-refractivity contribution < 1.29 is 4.74 Å². The van der Waals surface area contributed by atoms with E-state index in [2.05, 4.69) is 35.9 Å². The van der Waals surface area contributed by atoms with Gasteiger partial charge in [-0.3, -0.25) is 14.3 Å². The number of hydrogen-bond acceptors (Lipinski definition) is 4. The predicted octanol–water partition coefficient (Wildman–Crippen LogP) is 2.35. The van der Waals surface area contributed by atoms with Crippen LogP contribution >= 0.6 is 0 Å². The van der Waals surface area contributed by atoms with E-state index in [0.29, 0.717) is 10.9 Å². The molecule has 2 heterocycles. The summed E-state index contributed by atoms with van der Waals surface area (Å²) in [4.78, 5) is 30.2. The molecule has 0 unspecified atom stereocenters. The van der Waals surface area contributed by atoms with Gasteiger partial charge in [0.15, 0.2) is 0 Å². The molecule has 0 aliphatic carbocycles. The van der Waals surface area contributed by atoms with Crippen LogP contribution in [0.4, 0.5) is 0 Å². The summed E-state index contributed by atoms with van der Waals surface area (Å²) in [6, 6.07) is 15.2. The number of rotatable bonds is 4. The van der Waals surface area contributed by atoms with E-state index in [0.717, 1.165) is 25.2 Å². The van der Waals surface area contributed by atoms with Gasteiger partial charge in [-0.15, -0.1) is 0 Å². The lowest BCUT2D eigenvalue weighted by Crippen LogP contribution is -2.44. The maximum absolute atomic E-state index is 12.7. The summed E-state index contributed by atoms with van der Waals surface area (Å²) < 4.78 is 7.04. The van der Waals surface area contributed by atoms with Crippen molar-refractivity contribution >= 4 is 10.9 Å². The van der Waals surface area contributed by atoms with E-state index in [1.54, 1.807) is 24.3 Å². The Morgan fingerprint density at radius 3 is 2.21 bits per heavy atom. The Morgan fingerprint density at radius 2 is 1.54 bits per heavy atom. The van der Waals surface area contributed by atoms with Crippen LogP contribution < -0.4 is 11.2 Å². The van der Waals surface area contributed by atoms with E-state index in [9.17, 15) is 9.59 Å². The second-order valence-corrected chi connectivity index (χ2v) is 7.63. The standard InChI is InChI=1S/C22H25N3O3/c1-15-11-24(12-16(2)28-15)13-17-7-9-18(10-8-17)14-25-21(26)19-5-3-4-6-20(19)23-22(25)27/h3-10,15-16H,11-14H2,1-2H3,(H,23,27)/t15-,16-/m0/s1. The molecule has 1 aromatic heterocycles. The van der Waals surface area contributed by atoms with Crippen LogP contribution in [0.2, 0.25) is 0 Å². The Morgan fingerprint density at radius 1 is 0.929 bits per heavy atom. The summed E-state index contributed by atoms with van der Waals surface area (Å²) in [5, 5.41) is 0.522. The second kappa shape index (κ2) is 7.73. The number of nitrogens with zero attached hydrogens (tertiary/aromatic N) is 2. The maximum atomic E-state index is 12.7. The van der Waals surface area contributed by atoms with Crippen molar-refractivity contribution in [3.63, 3.8) is 0 Å². The van der Waals surface area contributed by atoms with Gasteiger partial charge in [-0.2, -0.15) is 0 Å². The molecule has 28 heavy (non-hydrogen) atoms. The van der Waals surface area contributed by atoms with Crippen LogP contribution in [0, 0.1) is 0 Å². The van der Waals surface area contributed by atoms with Crippen molar-refractivity contribution in [1.82, 2.24) is 14.5 Å². The monoisotopic (exact) mass is 379 g/mol. The average Bonchev–Trinajstić information content (AvgIpc) is 2.66. The largest absolute Gasteiger partial charge is 0.373 e. The van der Waals surface area contributed by atoms with Gasteiger partial charge in [-0.25, -0.2) is 4.79 Å². The Labute approximate surface area is 163 Å². The lowest BCUT2D eigenvalue weighted by atomic mass is 10.1. The van der Waals surface area contributed by atoms with E-state index >= 15 is 0 Å². The summed E-state index contributed by atoms with van der Waals surface area (Å²) in [6.45, 7) is 7.18. The first-order chi connectivity index (χ1) is 13.5. The molecule has 1 fully saturated rings. The van der Waals surface area contributed by atoms with E-state index in [-0.39, 0.29) is 30.0 Å². The number of morpholine rings is 1. The molecule has 4 rings (SSSR count). The molecule has 2 atom stereocenters. The van der Waals surface area contributed by atoms with Crippen molar-refractivity contribution in [2.45, 2.75) is 39.1 Å². The molecule has 6 heteroatoms. The Balaban J connectivity index is 1.52. The van der Waals surface area contributed by atoms with Gasteiger partial charge >= 0.3 is 5.69 Å². The minimum atomic E-state index is -0.385. The summed E-state index contributed by atoms with van der Waals surface area (Å²) in [5.41, 5.74) is 2.06. The van der Waals surface area contributed by atoms with Crippen molar-refractivity contribution in [1.29, 1.82) is 0 Å². The number of benzene rings is 2. The van der Waals surface area contributed by atoms with Gasteiger partial charge in [-0.1, -0.05) is 36.4 Å². The zero-order valence-electron chi connectivity index (χ0n) is 16.2. The molecule has 1 aliphatic rings. The maximum Gasteiger partial charge on any atom is 0.329 e. The Hall–Kier alpha value is -2.70. The Kier molecular flexibility index (Phi) is 5.15. The molecule has 2 aromatic carbocycles. The molecule has 0 amide bonds.